The van der Waals surface area contributed by atoms with Crippen LogP contribution in [0.1, 0.15) is 27.0 Å². The van der Waals surface area contributed by atoms with Gasteiger partial charge in [0.2, 0.25) is 0 Å². The van der Waals surface area contributed by atoms with Crippen molar-refractivity contribution in [3.63, 3.8) is 0 Å². The summed E-state index contributed by atoms with van der Waals surface area (Å²) in [7, 11) is 0. The third-order valence-electron chi connectivity index (χ3n) is 4.36. The van der Waals surface area contributed by atoms with Crippen LogP contribution in [-0.4, -0.2) is 24.0 Å². The van der Waals surface area contributed by atoms with Crippen molar-refractivity contribution >= 4 is 41.3 Å². The lowest BCUT2D eigenvalue weighted by atomic mass is 10.1. The van der Waals surface area contributed by atoms with Crippen LogP contribution in [0.15, 0.2) is 71.8 Å². The van der Waals surface area contributed by atoms with Crippen LogP contribution in [0.4, 0.5) is 5.69 Å². The van der Waals surface area contributed by atoms with Crippen LogP contribution in [0, 0.1) is 13.8 Å². The lowest BCUT2D eigenvalue weighted by Gasteiger charge is -2.06. The zero-order valence-corrected chi connectivity index (χ0v) is 18.1. The average molecular weight is 450 g/mol. The fourth-order valence-electron chi connectivity index (χ4n) is 2.63. The maximum Gasteiger partial charge on any atom is 0.343 e. The Morgan fingerprint density at radius 1 is 0.938 bits per heavy atom. The second-order valence-electron chi connectivity index (χ2n) is 6.95. The van der Waals surface area contributed by atoms with E-state index in [1.807, 2.05) is 19.9 Å². The summed E-state index contributed by atoms with van der Waals surface area (Å²) in [6, 6.07) is 18.6. The summed E-state index contributed by atoms with van der Waals surface area (Å²) in [5.41, 5.74) is 5.47. The van der Waals surface area contributed by atoms with Gasteiger partial charge in [-0.2, -0.15) is 5.10 Å². The number of hydrazone groups is 1. The van der Waals surface area contributed by atoms with E-state index in [2.05, 4.69) is 15.8 Å². The minimum atomic E-state index is -0.929. The normalized spacial score (nSPS) is 10.6. The first-order valence-corrected chi connectivity index (χ1v) is 9.99. The van der Waals surface area contributed by atoms with Crippen LogP contribution in [0.25, 0.3) is 0 Å². The molecule has 162 valence electrons. The van der Waals surface area contributed by atoms with Gasteiger partial charge in [0.15, 0.2) is 0 Å². The molecule has 0 saturated heterocycles. The van der Waals surface area contributed by atoms with Crippen molar-refractivity contribution in [1.29, 1.82) is 0 Å². The molecule has 32 heavy (non-hydrogen) atoms. The number of esters is 1. The van der Waals surface area contributed by atoms with E-state index in [-0.39, 0.29) is 0 Å². The van der Waals surface area contributed by atoms with Gasteiger partial charge in [0.25, 0.3) is 0 Å². The van der Waals surface area contributed by atoms with Crippen molar-refractivity contribution in [2.75, 3.05) is 5.32 Å². The minimum Gasteiger partial charge on any atom is -0.423 e. The Labute approximate surface area is 190 Å². The third-order valence-corrected chi connectivity index (χ3v) is 4.77. The van der Waals surface area contributed by atoms with Crippen LogP contribution >= 0.6 is 11.6 Å². The fraction of sp³-hybridized carbons (Fsp3) is 0.0833. The zero-order valence-electron chi connectivity index (χ0n) is 17.4. The molecule has 0 atom stereocenters. The number of benzene rings is 3. The fourth-order valence-corrected chi connectivity index (χ4v) is 2.82. The molecule has 3 rings (SSSR count). The highest BCUT2D eigenvalue weighted by Gasteiger charge is 2.13. The Kier molecular flexibility index (Phi) is 7.36. The molecule has 8 heteroatoms. The van der Waals surface area contributed by atoms with E-state index < -0.39 is 17.8 Å². The van der Waals surface area contributed by atoms with Gasteiger partial charge in [0, 0.05) is 10.7 Å². The lowest BCUT2D eigenvalue weighted by molar-refractivity contribution is -0.136. The third kappa shape index (κ3) is 6.26. The molecule has 7 nitrogen and oxygen atoms in total. The summed E-state index contributed by atoms with van der Waals surface area (Å²) >= 11 is 6.00. The van der Waals surface area contributed by atoms with E-state index >= 15 is 0 Å². The number of carbonyl (C=O) groups is 3. The van der Waals surface area contributed by atoms with Crippen molar-refractivity contribution in [1.82, 2.24) is 5.43 Å². The first-order valence-electron chi connectivity index (χ1n) is 9.61. The molecule has 0 spiro atoms. The molecule has 0 heterocycles. The number of hydrogen-bond donors (Lipinski definition) is 2. The topological polar surface area (TPSA) is 96.9 Å². The molecule has 0 fully saturated rings. The number of rotatable bonds is 5. The van der Waals surface area contributed by atoms with Gasteiger partial charge in [-0.25, -0.2) is 10.2 Å². The number of amides is 2. The van der Waals surface area contributed by atoms with Crippen LogP contribution in [-0.2, 0) is 9.59 Å². The van der Waals surface area contributed by atoms with E-state index in [1.165, 1.54) is 6.21 Å². The van der Waals surface area contributed by atoms with Gasteiger partial charge in [-0.05, 0) is 73.5 Å². The van der Waals surface area contributed by atoms with Gasteiger partial charge >= 0.3 is 17.8 Å². The van der Waals surface area contributed by atoms with Crippen molar-refractivity contribution in [3.05, 3.63) is 94.0 Å². The molecule has 0 aliphatic rings. The molecule has 0 aromatic heterocycles. The van der Waals surface area contributed by atoms with Crippen LogP contribution in [0.2, 0.25) is 5.02 Å². The Balaban J connectivity index is 1.51. The molecule has 2 N–H and O–H groups in total. The predicted molar refractivity (Wildman–Crippen MR) is 123 cm³/mol. The van der Waals surface area contributed by atoms with E-state index in [4.69, 9.17) is 16.3 Å². The number of anilines is 1. The number of ether oxygens (including phenoxy) is 1. The van der Waals surface area contributed by atoms with Gasteiger partial charge in [-0.15, -0.1) is 0 Å². The van der Waals surface area contributed by atoms with Gasteiger partial charge in [-0.1, -0.05) is 35.4 Å². The lowest BCUT2D eigenvalue weighted by Crippen LogP contribution is -2.32. The average Bonchev–Trinajstić information content (AvgIpc) is 2.77. The molecule has 2 amide bonds. The second-order valence-corrected chi connectivity index (χ2v) is 7.35. The Hall–Kier alpha value is -3.97. The second kappa shape index (κ2) is 10.4. The maximum atomic E-state index is 12.2. The van der Waals surface area contributed by atoms with Crippen molar-refractivity contribution in [3.8, 4) is 5.75 Å². The zero-order chi connectivity index (χ0) is 23.1. The molecule has 0 unspecified atom stereocenters. The van der Waals surface area contributed by atoms with Crippen LogP contribution in [0.5, 0.6) is 5.75 Å². The maximum absolute atomic E-state index is 12.2. The molecular weight excluding hydrogens is 430 g/mol. The standard InChI is InChI=1S/C24H20ClN3O4/c1-15-4-3-5-18(12-15)24(31)32-20-10-7-17(8-11-20)14-26-28-23(30)22(29)27-19-9-6-16(2)21(25)13-19/h3-14H,1-2H3,(H,27,29)(H,28,30)/b26-14+. The number of nitrogens with zero attached hydrogens (tertiary/aromatic N) is 1. The monoisotopic (exact) mass is 449 g/mol. The van der Waals surface area contributed by atoms with E-state index in [9.17, 15) is 14.4 Å². The smallest absolute Gasteiger partial charge is 0.343 e. The van der Waals surface area contributed by atoms with E-state index in [0.717, 1.165) is 11.1 Å². The Morgan fingerprint density at radius 3 is 2.38 bits per heavy atom. The van der Waals surface area contributed by atoms with E-state index in [0.29, 0.717) is 27.6 Å². The minimum absolute atomic E-state index is 0.369. The number of halogens is 1. The first kappa shape index (κ1) is 22.7. The molecule has 0 bridgehead atoms. The summed E-state index contributed by atoms with van der Waals surface area (Å²) in [4.78, 5) is 36.0. The van der Waals surface area contributed by atoms with Crippen LogP contribution < -0.4 is 15.5 Å². The van der Waals surface area contributed by atoms with Crippen molar-refractivity contribution in [2.24, 2.45) is 5.10 Å². The number of carbonyl (C=O) groups excluding carboxylic acids is 3. The summed E-state index contributed by atoms with van der Waals surface area (Å²) in [5, 5.41) is 6.69. The molecule has 0 aliphatic carbocycles. The van der Waals surface area contributed by atoms with Gasteiger partial charge in [-0.3, -0.25) is 9.59 Å². The Bertz CT molecular complexity index is 1190. The molecule has 0 saturated carbocycles. The van der Waals surface area contributed by atoms with Crippen LogP contribution in [0.3, 0.4) is 0 Å². The summed E-state index contributed by atoms with van der Waals surface area (Å²) in [6.45, 7) is 3.72. The highest BCUT2D eigenvalue weighted by molar-refractivity contribution is 6.39. The van der Waals surface area contributed by atoms with Gasteiger partial charge in [0.1, 0.15) is 5.75 Å². The molecule has 0 radical (unpaired) electrons. The number of aryl methyl sites for hydroxylation is 2. The predicted octanol–water partition coefficient (Wildman–Crippen LogP) is 4.26. The molecule has 0 aliphatic heterocycles. The number of hydrogen-bond acceptors (Lipinski definition) is 5. The quantitative estimate of drug-likeness (QED) is 0.200. The molecule has 3 aromatic rings. The Morgan fingerprint density at radius 2 is 1.69 bits per heavy atom. The van der Waals surface area contributed by atoms with Gasteiger partial charge < -0.3 is 10.1 Å². The van der Waals surface area contributed by atoms with E-state index in [1.54, 1.807) is 60.7 Å². The SMILES string of the molecule is Cc1cccc(C(=O)Oc2ccc(/C=N/NC(=O)C(=O)Nc3ccc(C)c(Cl)c3)cc2)c1. The first-order chi connectivity index (χ1) is 15.3. The number of nitrogens with one attached hydrogen (secondary N) is 2. The summed E-state index contributed by atoms with van der Waals surface area (Å²) in [5.74, 6) is -1.89. The highest BCUT2D eigenvalue weighted by atomic mass is 35.5. The largest absolute Gasteiger partial charge is 0.423 e. The molecule has 3 aromatic carbocycles. The van der Waals surface area contributed by atoms with Crippen molar-refractivity contribution < 1.29 is 19.1 Å². The van der Waals surface area contributed by atoms with Crippen molar-refractivity contribution in [2.45, 2.75) is 13.8 Å². The van der Waals surface area contributed by atoms with Gasteiger partial charge in [0.05, 0.1) is 11.8 Å². The highest BCUT2D eigenvalue weighted by Crippen LogP contribution is 2.19. The summed E-state index contributed by atoms with van der Waals surface area (Å²) in [6.07, 6.45) is 1.36. The molecular formula is C24H20ClN3O4. The summed E-state index contributed by atoms with van der Waals surface area (Å²) < 4.78 is 5.34.